The molecule has 4 heteroatoms. The van der Waals surface area contributed by atoms with Gasteiger partial charge in [0.25, 0.3) is 0 Å². The van der Waals surface area contributed by atoms with Crippen LogP contribution in [-0.4, -0.2) is 53.6 Å². The van der Waals surface area contributed by atoms with E-state index in [0.29, 0.717) is 0 Å². The van der Waals surface area contributed by atoms with Gasteiger partial charge in [-0.15, -0.1) is 0 Å². The molecule has 148 valence electrons. The van der Waals surface area contributed by atoms with Crippen LogP contribution in [0.15, 0.2) is 84.9 Å². The Bertz CT molecular complexity index is 935. The first-order valence-electron chi connectivity index (χ1n) is 10.1. The number of carboxylic acid groups (broad SMARTS) is 1. The van der Waals surface area contributed by atoms with E-state index < -0.39 is 5.97 Å². The van der Waals surface area contributed by atoms with Crippen LogP contribution in [0.25, 0.3) is 11.1 Å². The minimum atomic E-state index is -0.756. The molecule has 1 unspecified atom stereocenters. The van der Waals surface area contributed by atoms with Crippen molar-refractivity contribution in [3.63, 3.8) is 0 Å². The highest BCUT2D eigenvalue weighted by atomic mass is 16.4. The molecule has 1 aliphatic rings. The molecule has 29 heavy (non-hydrogen) atoms. The van der Waals surface area contributed by atoms with Crippen molar-refractivity contribution in [2.75, 3.05) is 32.7 Å². The summed E-state index contributed by atoms with van der Waals surface area (Å²) in [7, 11) is 0. The number of piperazine rings is 1. The first kappa shape index (κ1) is 19.4. The standard InChI is InChI=1S/C25H26N2O2/c28-24(29)19-26-14-16-27(17-15-26)25(21-10-5-2-6-11-21)23-13-7-12-22(18-23)20-8-3-1-4-9-20/h1-13,18,25H,14-17,19H2,(H,28,29). The maximum Gasteiger partial charge on any atom is 0.317 e. The molecule has 0 spiro atoms. The van der Waals surface area contributed by atoms with Gasteiger partial charge in [-0.1, -0.05) is 78.9 Å². The van der Waals surface area contributed by atoms with Crippen LogP contribution < -0.4 is 0 Å². The zero-order valence-electron chi connectivity index (χ0n) is 16.4. The van der Waals surface area contributed by atoms with Gasteiger partial charge in [0.1, 0.15) is 0 Å². The maximum absolute atomic E-state index is 11.0. The van der Waals surface area contributed by atoms with Gasteiger partial charge in [-0.05, 0) is 28.3 Å². The van der Waals surface area contributed by atoms with Crippen molar-refractivity contribution in [3.8, 4) is 11.1 Å². The summed E-state index contributed by atoms with van der Waals surface area (Å²) in [6.45, 7) is 3.36. The van der Waals surface area contributed by atoms with Gasteiger partial charge in [0.15, 0.2) is 0 Å². The van der Waals surface area contributed by atoms with Crippen LogP contribution in [0.3, 0.4) is 0 Å². The summed E-state index contributed by atoms with van der Waals surface area (Å²) in [5.74, 6) is -0.756. The third-order valence-electron chi connectivity index (χ3n) is 5.56. The molecule has 0 amide bonds. The molecule has 0 aliphatic carbocycles. The van der Waals surface area contributed by atoms with E-state index in [4.69, 9.17) is 5.11 Å². The Morgan fingerprint density at radius 2 is 1.34 bits per heavy atom. The molecule has 1 atom stereocenters. The minimum Gasteiger partial charge on any atom is -0.480 e. The van der Waals surface area contributed by atoms with Gasteiger partial charge in [-0.2, -0.15) is 0 Å². The van der Waals surface area contributed by atoms with E-state index in [0.717, 1.165) is 26.2 Å². The fourth-order valence-corrected chi connectivity index (χ4v) is 4.14. The van der Waals surface area contributed by atoms with Crippen LogP contribution in [0, 0.1) is 0 Å². The largest absolute Gasteiger partial charge is 0.480 e. The van der Waals surface area contributed by atoms with Gasteiger partial charge < -0.3 is 5.11 Å². The Kier molecular flexibility index (Phi) is 6.03. The van der Waals surface area contributed by atoms with Gasteiger partial charge >= 0.3 is 5.97 Å². The Morgan fingerprint density at radius 3 is 2.00 bits per heavy atom. The molecule has 1 N–H and O–H groups in total. The number of rotatable bonds is 6. The van der Waals surface area contributed by atoms with Crippen LogP contribution in [0.2, 0.25) is 0 Å². The van der Waals surface area contributed by atoms with Crippen molar-refractivity contribution in [1.82, 2.24) is 9.80 Å². The molecule has 4 nitrogen and oxygen atoms in total. The van der Waals surface area contributed by atoms with E-state index in [9.17, 15) is 4.79 Å². The summed E-state index contributed by atoms with van der Waals surface area (Å²) in [5.41, 5.74) is 4.97. The van der Waals surface area contributed by atoms with Crippen LogP contribution in [0.4, 0.5) is 0 Å². The van der Waals surface area contributed by atoms with Gasteiger partial charge in [0.05, 0.1) is 12.6 Å². The summed E-state index contributed by atoms with van der Waals surface area (Å²) in [4.78, 5) is 15.5. The molecule has 1 heterocycles. The van der Waals surface area contributed by atoms with Gasteiger partial charge in [0, 0.05) is 26.2 Å². The molecule has 4 rings (SSSR count). The number of benzene rings is 3. The number of aliphatic carboxylic acids is 1. The second-order valence-electron chi connectivity index (χ2n) is 7.51. The van der Waals surface area contributed by atoms with Gasteiger partial charge in [0.2, 0.25) is 0 Å². The normalized spacial score (nSPS) is 16.4. The lowest BCUT2D eigenvalue weighted by molar-refractivity contribution is -0.138. The third kappa shape index (κ3) is 4.73. The Labute approximate surface area is 172 Å². The van der Waals surface area contributed by atoms with Crippen LogP contribution in [0.1, 0.15) is 17.2 Å². The highest BCUT2D eigenvalue weighted by Gasteiger charge is 2.27. The van der Waals surface area contributed by atoms with Crippen molar-refractivity contribution < 1.29 is 9.90 Å². The predicted octanol–water partition coefficient (Wildman–Crippen LogP) is 4.15. The molecule has 0 saturated carbocycles. The molecular weight excluding hydrogens is 360 g/mol. The van der Waals surface area contributed by atoms with E-state index in [1.165, 1.54) is 22.3 Å². The Morgan fingerprint density at radius 1 is 0.759 bits per heavy atom. The average molecular weight is 386 g/mol. The van der Waals surface area contributed by atoms with E-state index in [1.54, 1.807) is 0 Å². The molecule has 0 radical (unpaired) electrons. The molecule has 1 fully saturated rings. The summed E-state index contributed by atoms with van der Waals surface area (Å²) >= 11 is 0. The lowest BCUT2D eigenvalue weighted by atomic mass is 9.93. The first-order chi connectivity index (χ1) is 14.2. The number of hydrogen-bond donors (Lipinski definition) is 1. The minimum absolute atomic E-state index is 0.118. The number of carboxylic acids is 1. The second kappa shape index (κ2) is 9.03. The van der Waals surface area contributed by atoms with Crippen LogP contribution in [0.5, 0.6) is 0 Å². The average Bonchev–Trinajstić information content (AvgIpc) is 2.76. The van der Waals surface area contributed by atoms with Gasteiger partial charge in [-0.3, -0.25) is 14.6 Å². The Hall–Kier alpha value is -2.95. The number of nitrogens with zero attached hydrogens (tertiary/aromatic N) is 2. The summed E-state index contributed by atoms with van der Waals surface area (Å²) in [6, 6.07) is 30.0. The maximum atomic E-state index is 11.0. The molecule has 3 aromatic carbocycles. The predicted molar refractivity (Wildman–Crippen MR) is 116 cm³/mol. The SMILES string of the molecule is O=C(O)CN1CCN(C(c2ccccc2)c2cccc(-c3ccccc3)c2)CC1. The first-order valence-corrected chi connectivity index (χ1v) is 10.1. The number of carbonyl (C=O) groups is 1. The van der Waals surface area contributed by atoms with Crippen molar-refractivity contribution in [2.24, 2.45) is 0 Å². The van der Waals surface area contributed by atoms with E-state index in [1.807, 2.05) is 17.0 Å². The fraction of sp³-hybridized carbons (Fsp3) is 0.240. The molecule has 1 aliphatic heterocycles. The molecule has 3 aromatic rings. The third-order valence-corrected chi connectivity index (χ3v) is 5.56. The van der Waals surface area contributed by atoms with Crippen molar-refractivity contribution in [3.05, 3.63) is 96.1 Å². The quantitative estimate of drug-likeness (QED) is 0.691. The summed E-state index contributed by atoms with van der Waals surface area (Å²) in [6.07, 6.45) is 0. The highest BCUT2D eigenvalue weighted by Crippen LogP contribution is 2.32. The lowest BCUT2D eigenvalue weighted by Gasteiger charge is -2.39. The second-order valence-corrected chi connectivity index (χ2v) is 7.51. The van der Waals surface area contributed by atoms with Gasteiger partial charge in [-0.25, -0.2) is 0 Å². The lowest BCUT2D eigenvalue weighted by Crippen LogP contribution is -2.49. The van der Waals surface area contributed by atoms with Crippen LogP contribution in [-0.2, 0) is 4.79 Å². The smallest absolute Gasteiger partial charge is 0.317 e. The van der Waals surface area contributed by atoms with Crippen LogP contribution >= 0.6 is 0 Å². The molecule has 0 bridgehead atoms. The van der Waals surface area contributed by atoms with E-state index in [2.05, 4.69) is 77.7 Å². The highest BCUT2D eigenvalue weighted by molar-refractivity contribution is 5.69. The Balaban J connectivity index is 1.63. The van der Waals surface area contributed by atoms with Crippen molar-refractivity contribution in [1.29, 1.82) is 0 Å². The molecule has 0 aromatic heterocycles. The zero-order valence-corrected chi connectivity index (χ0v) is 16.4. The zero-order chi connectivity index (χ0) is 20.1. The van der Waals surface area contributed by atoms with E-state index >= 15 is 0 Å². The summed E-state index contributed by atoms with van der Waals surface area (Å²) in [5, 5.41) is 9.08. The summed E-state index contributed by atoms with van der Waals surface area (Å²) < 4.78 is 0. The molecular formula is C25H26N2O2. The fourth-order valence-electron chi connectivity index (χ4n) is 4.14. The van der Waals surface area contributed by atoms with E-state index in [-0.39, 0.29) is 12.6 Å². The monoisotopic (exact) mass is 386 g/mol. The van der Waals surface area contributed by atoms with Crippen molar-refractivity contribution in [2.45, 2.75) is 6.04 Å². The topological polar surface area (TPSA) is 43.8 Å². The molecule has 1 saturated heterocycles. The van der Waals surface area contributed by atoms with Crippen molar-refractivity contribution >= 4 is 5.97 Å². The number of hydrogen-bond acceptors (Lipinski definition) is 3.